The van der Waals surface area contributed by atoms with Crippen molar-refractivity contribution in [2.45, 2.75) is 6.92 Å². The van der Waals surface area contributed by atoms with Crippen LogP contribution in [0.1, 0.15) is 6.92 Å². The highest BCUT2D eigenvalue weighted by molar-refractivity contribution is 5.97. The van der Waals surface area contributed by atoms with Gasteiger partial charge >= 0.3 is 0 Å². The van der Waals surface area contributed by atoms with Gasteiger partial charge in [0.1, 0.15) is 0 Å². The van der Waals surface area contributed by atoms with Gasteiger partial charge in [-0.2, -0.15) is 0 Å². The molecule has 0 saturated carbocycles. The number of rotatable bonds is 4. The van der Waals surface area contributed by atoms with Gasteiger partial charge in [0.25, 0.3) is 0 Å². The van der Waals surface area contributed by atoms with Crippen LogP contribution in [0.15, 0.2) is 41.1 Å². The number of likely N-dealkylation sites (N-methyl/N-ethyl adjacent to an activating group) is 1. The van der Waals surface area contributed by atoms with Gasteiger partial charge in [-0.25, -0.2) is 0 Å². The molecule has 17 heavy (non-hydrogen) atoms. The Balaban J connectivity index is 1.81. The summed E-state index contributed by atoms with van der Waals surface area (Å²) in [7, 11) is 2.13. The van der Waals surface area contributed by atoms with Crippen LogP contribution in [0.4, 0.5) is 0 Å². The number of nitrogens with one attached hydrogen (secondary N) is 1. The number of hydrogen-bond acceptors (Lipinski definition) is 3. The van der Waals surface area contributed by atoms with Crippen LogP contribution < -0.4 is 5.32 Å². The second kappa shape index (κ2) is 5.82. The molecular weight excluding hydrogens is 210 g/mol. The van der Waals surface area contributed by atoms with Crippen LogP contribution in [0.2, 0.25) is 0 Å². The molecule has 92 valence electrons. The number of dihydropyridines is 2. The molecule has 2 heterocycles. The van der Waals surface area contributed by atoms with Crippen LogP contribution in [-0.4, -0.2) is 43.8 Å². The van der Waals surface area contributed by atoms with Gasteiger partial charge < -0.3 is 5.32 Å². The Morgan fingerprint density at radius 1 is 1.47 bits per heavy atom. The monoisotopic (exact) mass is 231 g/mol. The fraction of sp³-hybridized carbons (Fsp3) is 0.500. The van der Waals surface area contributed by atoms with Crippen LogP contribution in [-0.2, 0) is 0 Å². The quantitative estimate of drug-likeness (QED) is 0.796. The van der Waals surface area contributed by atoms with E-state index in [-0.39, 0.29) is 0 Å². The maximum Gasteiger partial charge on any atom is 0.0485 e. The molecule has 0 spiro atoms. The summed E-state index contributed by atoms with van der Waals surface area (Å²) >= 11 is 0. The molecule has 2 aliphatic heterocycles. The first-order chi connectivity index (χ1) is 8.24. The second-order valence-electron chi connectivity index (χ2n) is 4.84. The van der Waals surface area contributed by atoms with E-state index in [1.807, 2.05) is 0 Å². The summed E-state index contributed by atoms with van der Waals surface area (Å²) in [6.45, 7) is 5.95. The van der Waals surface area contributed by atoms with Crippen molar-refractivity contribution in [1.29, 1.82) is 0 Å². The molecule has 0 aliphatic carbocycles. The van der Waals surface area contributed by atoms with E-state index >= 15 is 0 Å². The van der Waals surface area contributed by atoms with E-state index in [1.54, 1.807) is 0 Å². The van der Waals surface area contributed by atoms with Gasteiger partial charge in [0, 0.05) is 37.6 Å². The zero-order chi connectivity index (χ0) is 12.1. The smallest absolute Gasteiger partial charge is 0.0485 e. The zero-order valence-electron chi connectivity index (χ0n) is 10.7. The highest BCUT2D eigenvalue weighted by Crippen LogP contribution is 2.06. The molecule has 0 radical (unpaired) electrons. The molecule has 0 saturated heterocycles. The Labute approximate surface area is 104 Å². The van der Waals surface area contributed by atoms with E-state index < -0.39 is 0 Å². The Morgan fingerprint density at radius 3 is 3.00 bits per heavy atom. The van der Waals surface area contributed by atoms with Gasteiger partial charge in [0.15, 0.2) is 0 Å². The van der Waals surface area contributed by atoms with Crippen molar-refractivity contribution in [3.05, 3.63) is 36.1 Å². The summed E-state index contributed by atoms with van der Waals surface area (Å²) in [5.74, 6) is 0.594. The van der Waals surface area contributed by atoms with Gasteiger partial charge in [0.2, 0.25) is 0 Å². The first kappa shape index (κ1) is 12.1. The standard InChI is InChI=1S/C14H21N3/c1-12-6-7-14(16-9-12)11-17(2)10-13-5-3-4-8-15-13/h3-7,12,15H,8-11H2,1-2H3/t12-/m1/s1. The molecule has 2 aliphatic rings. The largest absolute Gasteiger partial charge is 0.384 e. The normalized spacial score (nSPS) is 23.4. The van der Waals surface area contributed by atoms with E-state index in [9.17, 15) is 0 Å². The lowest BCUT2D eigenvalue weighted by molar-refractivity contribution is 0.404. The molecule has 1 atom stereocenters. The van der Waals surface area contributed by atoms with Crippen LogP contribution in [0.25, 0.3) is 0 Å². The van der Waals surface area contributed by atoms with Crippen molar-refractivity contribution in [3.8, 4) is 0 Å². The van der Waals surface area contributed by atoms with Crippen LogP contribution in [0, 0.1) is 5.92 Å². The first-order valence-electron chi connectivity index (χ1n) is 6.23. The lowest BCUT2D eigenvalue weighted by atomic mass is 10.1. The first-order valence-corrected chi connectivity index (χ1v) is 6.23. The summed E-state index contributed by atoms with van der Waals surface area (Å²) in [5.41, 5.74) is 2.47. The maximum atomic E-state index is 4.58. The zero-order valence-corrected chi connectivity index (χ0v) is 10.7. The number of hydrogen-bond donors (Lipinski definition) is 1. The molecule has 3 nitrogen and oxygen atoms in total. The number of allylic oxidation sites excluding steroid dienone is 2. The molecule has 2 rings (SSSR count). The van der Waals surface area contributed by atoms with E-state index in [2.05, 4.69) is 59.6 Å². The van der Waals surface area contributed by atoms with Gasteiger partial charge in [-0.15, -0.1) is 0 Å². The fourth-order valence-corrected chi connectivity index (χ4v) is 1.99. The van der Waals surface area contributed by atoms with Gasteiger partial charge in [-0.3, -0.25) is 9.89 Å². The molecule has 0 amide bonds. The third-order valence-corrected chi connectivity index (χ3v) is 2.95. The summed E-state index contributed by atoms with van der Waals surface area (Å²) in [4.78, 5) is 6.87. The Morgan fingerprint density at radius 2 is 2.35 bits per heavy atom. The lowest BCUT2D eigenvalue weighted by Crippen LogP contribution is -2.32. The molecule has 1 N–H and O–H groups in total. The third kappa shape index (κ3) is 3.86. The molecule has 0 unspecified atom stereocenters. The molecule has 0 aromatic rings. The van der Waals surface area contributed by atoms with Crippen molar-refractivity contribution in [1.82, 2.24) is 10.2 Å². The van der Waals surface area contributed by atoms with Crippen molar-refractivity contribution < 1.29 is 0 Å². The highest BCUT2D eigenvalue weighted by atomic mass is 15.1. The van der Waals surface area contributed by atoms with Crippen LogP contribution >= 0.6 is 0 Å². The average molecular weight is 231 g/mol. The lowest BCUT2D eigenvalue weighted by Gasteiger charge is -2.21. The second-order valence-corrected chi connectivity index (χ2v) is 4.84. The van der Waals surface area contributed by atoms with Crippen molar-refractivity contribution in [2.24, 2.45) is 10.9 Å². The fourth-order valence-electron chi connectivity index (χ4n) is 1.99. The molecular formula is C14H21N3. The predicted molar refractivity (Wildman–Crippen MR) is 73.3 cm³/mol. The number of aliphatic imine (C=N–C) groups is 1. The molecule has 0 aromatic heterocycles. The predicted octanol–water partition coefficient (Wildman–Crippen LogP) is 1.61. The Kier molecular flexibility index (Phi) is 4.15. The average Bonchev–Trinajstić information content (AvgIpc) is 2.33. The van der Waals surface area contributed by atoms with E-state index in [4.69, 9.17) is 0 Å². The minimum Gasteiger partial charge on any atom is -0.384 e. The van der Waals surface area contributed by atoms with Crippen LogP contribution in [0.5, 0.6) is 0 Å². The SMILES string of the molecule is C[C@@H]1C=CC(CN(C)CC2=CC=CCN2)=NC1. The van der Waals surface area contributed by atoms with Crippen molar-refractivity contribution in [2.75, 3.05) is 33.2 Å². The van der Waals surface area contributed by atoms with Crippen molar-refractivity contribution in [3.63, 3.8) is 0 Å². The van der Waals surface area contributed by atoms with Gasteiger partial charge in [-0.1, -0.05) is 25.2 Å². The third-order valence-electron chi connectivity index (χ3n) is 2.95. The Bertz CT molecular complexity index is 377. The molecule has 0 fully saturated rings. The minimum absolute atomic E-state index is 0.594. The summed E-state index contributed by atoms with van der Waals surface area (Å²) in [5, 5.41) is 3.37. The van der Waals surface area contributed by atoms with E-state index in [0.717, 1.165) is 26.2 Å². The Hall–Kier alpha value is -1.35. The summed E-state index contributed by atoms with van der Waals surface area (Å²) in [6.07, 6.45) is 10.8. The minimum atomic E-state index is 0.594. The maximum absolute atomic E-state index is 4.58. The van der Waals surface area contributed by atoms with E-state index in [0.29, 0.717) is 5.92 Å². The molecule has 0 bridgehead atoms. The van der Waals surface area contributed by atoms with E-state index in [1.165, 1.54) is 11.4 Å². The summed E-state index contributed by atoms with van der Waals surface area (Å²) < 4.78 is 0. The topological polar surface area (TPSA) is 27.6 Å². The van der Waals surface area contributed by atoms with Crippen molar-refractivity contribution >= 4 is 5.71 Å². The summed E-state index contributed by atoms with van der Waals surface area (Å²) in [6, 6.07) is 0. The highest BCUT2D eigenvalue weighted by Gasteiger charge is 2.09. The molecule has 3 heteroatoms. The molecule has 0 aromatic carbocycles. The van der Waals surface area contributed by atoms with Gasteiger partial charge in [0.05, 0.1) is 0 Å². The van der Waals surface area contributed by atoms with Crippen LogP contribution in [0.3, 0.4) is 0 Å². The van der Waals surface area contributed by atoms with Gasteiger partial charge in [-0.05, 0) is 25.1 Å². The number of nitrogens with zero attached hydrogens (tertiary/aromatic N) is 2.